The molecule has 0 rings (SSSR count). The van der Waals surface area contributed by atoms with E-state index in [0.29, 0.717) is 13.0 Å². The Morgan fingerprint density at radius 3 is 2.50 bits per heavy atom. The second kappa shape index (κ2) is 6.40. The average Bonchev–Trinajstić information content (AvgIpc) is 2.03. The lowest BCUT2D eigenvalue weighted by Gasteiger charge is -2.00. The van der Waals surface area contributed by atoms with Crippen molar-refractivity contribution >= 4 is 5.78 Å². The van der Waals surface area contributed by atoms with Crippen molar-refractivity contribution in [2.75, 3.05) is 6.54 Å². The summed E-state index contributed by atoms with van der Waals surface area (Å²) < 4.78 is 0. The van der Waals surface area contributed by atoms with Gasteiger partial charge in [0, 0.05) is 18.3 Å². The van der Waals surface area contributed by atoms with E-state index in [-0.39, 0.29) is 5.78 Å². The van der Waals surface area contributed by atoms with Gasteiger partial charge in [0.1, 0.15) is 0 Å². The molecule has 0 amide bonds. The van der Waals surface area contributed by atoms with Crippen LogP contribution in [0, 0.1) is 0 Å². The van der Waals surface area contributed by atoms with Crippen LogP contribution < -0.4 is 5.32 Å². The molecule has 66 valence electrons. The van der Waals surface area contributed by atoms with Crippen molar-refractivity contribution < 1.29 is 4.79 Å². The van der Waals surface area contributed by atoms with Gasteiger partial charge < -0.3 is 5.32 Å². The fourth-order valence-corrected chi connectivity index (χ4v) is 0.725. The molecule has 12 heavy (non-hydrogen) atoms. The van der Waals surface area contributed by atoms with Crippen molar-refractivity contribution in [3.8, 4) is 0 Å². The van der Waals surface area contributed by atoms with Gasteiger partial charge in [0.2, 0.25) is 0 Å². The predicted octanol–water partition coefficient (Wildman–Crippen LogP) is 1.81. The number of nitrogens with one attached hydrogen (secondary N) is 1. The minimum Gasteiger partial charge on any atom is -0.387 e. The zero-order chi connectivity index (χ0) is 9.40. The van der Waals surface area contributed by atoms with Crippen LogP contribution in [0.2, 0.25) is 0 Å². The maximum Gasteiger partial charge on any atom is 0.157 e. The summed E-state index contributed by atoms with van der Waals surface area (Å²) in [5.74, 6) is 0.0754. The van der Waals surface area contributed by atoms with Crippen LogP contribution in [-0.4, -0.2) is 12.3 Å². The van der Waals surface area contributed by atoms with Gasteiger partial charge in [-0.2, -0.15) is 0 Å². The molecule has 0 spiro atoms. The van der Waals surface area contributed by atoms with Gasteiger partial charge in [-0.1, -0.05) is 12.2 Å². The smallest absolute Gasteiger partial charge is 0.157 e. The molecular formula is C10H15NO. The summed E-state index contributed by atoms with van der Waals surface area (Å²) in [5, 5.41) is 2.95. The molecule has 0 radical (unpaired) electrons. The van der Waals surface area contributed by atoms with Gasteiger partial charge in [-0.05, 0) is 13.3 Å². The first-order valence-electron chi connectivity index (χ1n) is 3.87. The van der Waals surface area contributed by atoms with E-state index >= 15 is 0 Å². The van der Waals surface area contributed by atoms with Crippen LogP contribution in [0.25, 0.3) is 0 Å². The largest absolute Gasteiger partial charge is 0.387 e. The molecule has 0 fully saturated rings. The normalized spacial score (nSPS) is 10.6. The maximum atomic E-state index is 10.9. The molecule has 0 aromatic carbocycles. The van der Waals surface area contributed by atoms with Crippen LogP contribution in [0.5, 0.6) is 0 Å². The highest BCUT2D eigenvalue weighted by Crippen LogP contribution is 2.01. The third-order valence-corrected chi connectivity index (χ3v) is 1.35. The number of Topliss-reactive ketones (excluding diaryl/α,β-unsaturated/α-hetero) is 1. The Bertz CT molecular complexity index is 204. The van der Waals surface area contributed by atoms with E-state index in [1.807, 2.05) is 0 Å². The van der Waals surface area contributed by atoms with Crippen LogP contribution in [0.4, 0.5) is 0 Å². The van der Waals surface area contributed by atoms with Gasteiger partial charge in [0.25, 0.3) is 0 Å². The fraction of sp³-hybridized carbons (Fsp3) is 0.300. The molecule has 0 saturated carbocycles. The summed E-state index contributed by atoms with van der Waals surface area (Å²) in [7, 11) is 0. The number of rotatable bonds is 6. The van der Waals surface area contributed by atoms with E-state index in [9.17, 15) is 4.79 Å². The molecule has 0 aliphatic rings. The molecule has 1 N–H and O–H groups in total. The summed E-state index contributed by atoms with van der Waals surface area (Å²) in [6, 6.07) is 0. The van der Waals surface area contributed by atoms with Gasteiger partial charge in [-0.15, -0.1) is 13.2 Å². The summed E-state index contributed by atoms with van der Waals surface area (Å²) >= 11 is 0. The van der Waals surface area contributed by atoms with Gasteiger partial charge in [0.05, 0.1) is 0 Å². The van der Waals surface area contributed by atoms with Crippen molar-refractivity contribution in [3.63, 3.8) is 0 Å². The maximum absolute atomic E-state index is 10.9. The number of hydrogen-bond acceptors (Lipinski definition) is 2. The Balaban J connectivity index is 4.07. The molecule has 2 nitrogen and oxygen atoms in total. The molecule has 0 aromatic rings. The third kappa shape index (κ3) is 4.50. The number of carbonyl (C=O) groups excluding carboxylic acids is 1. The van der Waals surface area contributed by atoms with Crippen LogP contribution in [0.1, 0.15) is 13.3 Å². The van der Waals surface area contributed by atoms with Gasteiger partial charge in [0.15, 0.2) is 5.78 Å². The lowest BCUT2D eigenvalue weighted by molar-refractivity contribution is -0.113. The molecule has 0 aliphatic carbocycles. The molecule has 2 heteroatoms. The van der Waals surface area contributed by atoms with E-state index in [0.717, 1.165) is 5.57 Å². The fourth-order valence-electron chi connectivity index (χ4n) is 0.725. The summed E-state index contributed by atoms with van der Waals surface area (Å²) in [6.07, 6.45) is 5.77. The van der Waals surface area contributed by atoms with Gasteiger partial charge in [-0.3, -0.25) is 4.79 Å². The first kappa shape index (κ1) is 10.7. The van der Waals surface area contributed by atoms with Crippen molar-refractivity contribution in [1.29, 1.82) is 0 Å². The quantitative estimate of drug-likeness (QED) is 0.369. The van der Waals surface area contributed by atoms with Crippen molar-refractivity contribution in [2.45, 2.75) is 13.3 Å². The van der Waals surface area contributed by atoms with E-state index in [2.05, 4.69) is 18.5 Å². The summed E-state index contributed by atoms with van der Waals surface area (Å²) in [4.78, 5) is 10.9. The van der Waals surface area contributed by atoms with E-state index < -0.39 is 0 Å². The van der Waals surface area contributed by atoms with Crippen LogP contribution in [0.3, 0.4) is 0 Å². The second-order valence-electron chi connectivity index (χ2n) is 2.42. The number of allylic oxidation sites excluding steroid dienone is 2. The first-order chi connectivity index (χ1) is 5.72. The highest BCUT2D eigenvalue weighted by molar-refractivity contribution is 5.93. The van der Waals surface area contributed by atoms with Crippen LogP contribution in [-0.2, 0) is 4.79 Å². The SMILES string of the molecule is C=CCNC=C(CC=C)C(C)=O. The highest BCUT2D eigenvalue weighted by Gasteiger charge is 1.99. The third-order valence-electron chi connectivity index (χ3n) is 1.35. The summed E-state index contributed by atoms with van der Waals surface area (Å²) in [5.41, 5.74) is 0.742. The van der Waals surface area contributed by atoms with E-state index in [4.69, 9.17) is 0 Å². The Morgan fingerprint density at radius 2 is 2.08 bits per heavy atom. The molecule has 0 atom stereocenters. The topological polar surface area (TPSA) is 29.1 Å². The minimum atomic E-state index is 0.0754. The highest BCUT2D eigenvalue weighted by atomic mass is 16.1. The van der Waals surface area contributed by atoms with Crippen molar-refractivity contribution in [2.24, 2.45) is 0 Å². The standard InChI is InChI=1S/C10H15NO/c1-4-6-10(9(3)12)8-11-7-5-2/h4-5,8,11H,1-2,6-7H2,3H3. The Kier molecular flexibility index (Phi) is 5.70. The zero-order valence-electron chi connectivity index (χ0n) is 7.47. The zero-order valence-corrected chi connectivity index (χ0v) is 7.47. The van der Waals surface area contributed by atoms with E-state index in [1.54, 1.807) is 25.3 Å². The van der Waals surface area contributed by atoms with Crippen LogP contribution >= 0.6 is 0 Å². The molecule has 0 unspecified atom stereocenters. The number of hydrogen-bond donors (Lipinski definition) is 1. The average molecular weight is 165 g/mol. The van der Waals surface area contributed by atoms with Gasteiger partial charge in [-0.25, -0.2) is 0 Å². The predicted molar refractivity (Wildman–Crippen MR) is 51.8 cm³/mol. The molecular weight excluding hydrogens is 150 g/mol. The lowest BCUT2D eigenvalue weighted by atomic mass is 10.1. The van der Waals surface area contributed by atoms with E-state index in [1.165, 1.54) is 0 Å². The monoisotopic (exact) mass is 165 g/mol. The Hall–Kier alpha value is -1.31. The minimum absolute atomic E-state index is 0.0754. The Morgan fingerprint density at radius 1 is 1.42 bits per heavy atom. The van der Waals surface area contributed by atoms with Crippen molar-refractivity contribution in [1.82, 2.24) is 5.32 Å². The molecule has 0 saturated heterocycles. The number of ketones is 1. The molecule has 0 heterocycles. The first-order valence-corrected chi connectivity index (χ1v) is 3.87. The van der Waals surface area contributed by atoms with Crippen molar-refractivity contribution in [3.05, 3.63) is 37.1 Å². The number of carbonyl (C=O) groups is 1. The summed E-state index contributed by atoms with van der Waals surface area (Å²) in [6.45, 7) is 9.34. The van der Waals surface area contributed by atoms with Gasteiger partial charge >= 0.3 is 0 Å². The van der Waals surface area contributed by atoms with Crippen LogP contribution in [0.15, 0.2) is 37.1 Å². The molecule has 0 bridgehead atoms. The lowest BCUT2D eigenvalue weighted by Crippen LogP contribution is -2.08. The second-order valence-corrected chi connectivity index (χ2v) is 2.42. The molecule has 0 aromatic heterocycles. The molecule has 0 aliphatic heterocycles. The Labute approximate surface area is 73.7 Å².